The Labute approximate surface area is 148 Å². The lowest BCUT2D eigenvalue weighted by Crippen LogP contribution is -2.17. The molecule has 0 saturated heterocycles. The van der Waals surface area contributed by atoms with Crippen LogP contribution in [0.3, 0.4) is 0 Å². The van der Waals surface area contributed by atoms with Gasteiger partial charge < -0.3 is 9.47 Å². The number of nitrogens with zero attached hydrogens (tertiary/aromatic N) is 2. The molecule has 0 amide bonds. The van der Waals surface area contributed by atoms with Gasteiger partial charge in [-0.3, -0.25) is 0 Å². The molecule has 0 N–H and O–H groups in total. The molecule has 1 aliphatic rings. The Balaban J connectivity index is 1.91. The maximum Gasteiger partial charge on any atom is 0.292 e. The normalized spacial score (nSPS) is 14.5. The zero-order valence-corrected chi connectivity index (χ0v) is 14.0. The van der Waals surface area contributed by atoms with Crippen LogP contribution in [0.1, 0.15) is 49.1 Å². The molecule has 0 aliphatic heterocycles. The van der Waals surface area contributed by atoms with Crippen LogP contribution in [-0.2, 0) is 0 Å². The molecule has 0 atom stereocenters. The van der Waals surface area contributed by atoms with Gasteiger partial charge in [-0.25, -0.2) is 0 Å². The summed E-state index contributed by atoms with van der Waals surface area (Å²) in [6, 6.07) is 15.6. The van der Waals surface area contributed by atoms with Gasteiger partial charge in [-0.15, -0.1) is 10.5 Å². The van der Waals surface area contributed by atoms with Gasteiger partial charge in [0.25, 0.3) is 12.5 Å². The molecule has 1 saturated carbocycles. The second kappa shape index (κ2) is 8.22. The van der Waals surface area contributed by atoms with Crippen LogP contribution in [0.2, 0.25) is 0 Å². The van der Waals surface area contributed by atoms with Crippen LogP contribution in [0, 0.1) is 29.0 Å². The zero-order chi connectivity index (χ0) is 17.5. The third-order valence-corrected chi connectivity index (χ3v) is 4.93. The predicted molar refractivity (Wildman–Crippen MR) is 93.8 cm³/mol. The molecule has 0 unspecified atom stereocenters. The van der Waals surface area contributed by atoms with Crippen LogP contribution in [-0.4, -0.2) is 0 Å². The summed E-state index contributed by atoms with van der Waals surface area (Å²) in [4.78, 5) is 0. The van der Waals surface area contributed by atoms with E-state index >= 15 is 0 Å². The molecule has 25 heavy (non-hydrogen) atoms. The molecule has 1 aliphatic carbocycles. The number of benzene rings is 2. The van der Waals surface area contributed by atoms with Gasteiger partial charge in [0.2, 0.25) is 0 Å². The maximum atomic E-state index is 8.64. The van der Waals surface area contributed by atoms with E-state index in [1.807, 2.05) is 48.5 Å². The van der Waals surface area contributed by atoms with Crippen LogP contribution in [0.25, 0.3) is 0 Å². The van der Waals surface area contributed by atoms with E-state index in [0.29, 0.717) is 23.3 Å². The van der Waals surface area contributed by atoms with Crippen molar-refractivity contribution in [2.24, 2.45) is 5.92 Å². The number of hydrogen-bond acceptors (Lipinski definition) is 4. The van der Waals surface area contributed by atoms with E-state index in [4.69, 9.17) is 20.0 Å². The Kier molecular flexibility index (Phi) is 5.54. The summed E-state index contributed by atoms with van der Waals surface area (Å²) >= 11 is 0. The van der Waals surface area contributed by atoms with Crippen molar-refractivity contribution in [3.05, 3.63) is 59.7 Å². The minimum atomic E-state index is 0.299. The molecule has 0 spiro atoms. The molecule has 0 aromatic heterocycles. The zero-order valence-electron chi connectivity index (χ0n) is 14.0. The third kappa shape index (κ3) is 4.11. The van der Waals surface area contributed by atoms with Gasteiger partial charge in [-0.05, 0) is 54.2 Å². The molecule has 0 heterocycles. The maximum absolute atomic E-state index is 8.64. The topological polar surface area (TPSA) is 66.0 Å². The minimum Gasteiger partial charge on any atom is -0.388 e. The van der Waals surface area contributed by atoms with Crippen molar-refractivity contribution in [2.45, 2.75) is 38.0 Å². The van der Waals surface area contributed by atoms with Crippen LogP contribution >= 0.6 is 0 Å². The van der Waals surface area contributed by atoms with E-state index < -0.39 is 0 Å². The highest BCUT2D eigenvalue weighted by Crippen LogP contribution is 2.41. The minimum absolute atomic E-state index is 0.299. The summed E-state index contributed by atoms with van der Waals surface area (Å²) in [6.07, 6.45) is 9.70. The van der Waals surface area contributed by atoms with Gasteiger partial charge in [-0.1, -0.05) is 43.5 Å². The number of ether oxygens (including phenoxy) is 2. The molecule has 0 radical (unpaired) electrons. The fourth-order valence-corrected chi connectivity index (χ4v) is 3.80. The molecule has 0 bridgehead atoms. The van der Waals surface area contributed by atoms with Crippen molar-refractivity contribution in [3.8, 4) is 24.0 Å². The highest BCUT2D eigenvalue weighted by molar-refractivity contribution is 5.39. The molecule has 2 aromatic carbocycles. The van der Waals surface area contributed by atoms with Gasteiger partial charge in [0.15, 0.2) is 0 Å². The van der Waals surface area contributed by atoms with Gasteiger partial charge in [0.1, 0.15) is 11.5 Å². The fourth-order valence-electron chi connectivity index (χ4n) is 3.80. The standard InChI is InChI=1S/C21H20N2O2/c22-14-24-19-10-6-17(7-11-19)21(16-4-2-1-3-5-16)18-8-12-20(13-9-18)25-15-23/h6-13,16,21H,1-5H2. The average molecular weight is 332 g/mol. The van der Waals surface area contributed by atoms with E-state index in [-0.39, 0.29) is 0 Å². The molecular formula is C21H20N2O2. The van der Waals surface area contributed by atoms with E-state index in [2.05, 4.69) is 0 Å². The highest BCUT2D eigenvalue weighted by Gasteiger charge is 2.26. The lowest BCUT2D eigenvalue weighted by Gasteiger charge is -2.31. The molecular weight excluding hydrogens is 312 g/mol. The second-order valence-electron chi connectivity index (χ2n) is 6.40. The summed E-state index contributed by atoms with van der Waals surface area (Å²) in [5, 5.41) is 17.3. The number of rotatable bonds is 5. The van der Waals surface area contributed by atoms with Crippen LogP contribution in [0.5, 0.6) is 11.5 Å². The van der Waals surface area contributed by atoms with E-state index in [9.17, 15) is 0 Å². The Hall–Kier alpha value is -2.98. The quantitative estimate of drug-likeness (QED) is 0.713. The summed E-state index contributed by atoms with van der Waals surface area (Å²) < 4.78 is 9.79. The number of nitriles is 2. The Morgan fingerprint density at radius 1 is 0.720 bits per heavy atom. The summed E-state index contributed by atoms with van der Waals surface area (Å²) in [5.74, 6) is 2.02. The van der Waals surface area contributed by atoms with Crippen molar-refractivity contribution in [2.75, 3.05) is 0 Å². The highest BCUT2D eigenvalue weighted by atomic mass is 16.5. The molecule has 1 fully saturated rings. The van der Waals surface area contributed by atoms with Crippen molar-refractivity contribution in [1.29, 1.82) is 10.5 Å². The predicted octanol–water partition coefficient (Wildman–Crippen LogP) is 5.12. The molecule has 4 nitrogen and oxygen atoms in total. The SMILES string of the molecule is N#COc1ccc(C(c2ccc(OC#N)cc2)C2CCCCC2)cc1. The van der Waals surface area contributed by atoms with Gasteiger partial charge in [0.05, 0.1) is 0 Å². The first-order valence-corrected chi connectivity index (χ1v) is 8.63. The van der Waals surface area contributed by atoms with Crippen LogP contribution in [0.15, 0.2) is 48.5 Å². The van der Waals surface area contributed by atoms with Crippen LogP contribution in [0.4, 0.5) is 0 Å². The second-order valence-corrected chi connectivity index (χ2v) is 6.40. The summed E-state index contributed by atoms with van der Waals surface area (Å²) in [7, 11) is 0. The Morgan fingerprint density at radius 3 is 1.56 bits per heavy atom. The van der Waals surface area contributed by atoms with Crippen molar-refractivity contribution in [3.63, 3.8) is 0 Å². The Morgan fingerprint density at radius 2 is 1.16 bits per heavy atom. The van der Waals surface area contributed by atoms with E-state index in [0.717, 1.165) is 0 Å². The average Bonchev–Trinajstić information content (AvgIpc) is 2.66. The summed E-state index contributed by atoms with van der Waals surface area (Å²) in [6.45, 7) is 0. The first kappa shape index (κ1) is 16.9. The van der Waals surface area contributed by atoms with E-state index in [1.165, 1.54) is 43.2 Å². The molecule has 3 rings (SSSR count). The monoisotopic (exact) mass is 332 g/mol. The molecule has 126 valence electrons. The van der Waals surface area contributed by atoms with Crippen molar-refractivity contribution < 1.29 is 9.47 Å². The largest absolute Gasteiger partial charge is 0.388 e. The lowest BCUT2D eigenvalue weighted by atomic mass is 9.73. The summed E-state index contributed by atoms with van der Waals surface area (Å²) in [5.41, 5.74) is 2.46. The van der Waals surface area contributed by atoms with Crippen LogP contribution < -0.4 is 9.47 Å². The Bertz CT molecular complexity index is 704. The fraction of sp³-hybridized carbons (Fsp3) is 0.333. The molecule has 2 aromatic rings. The van der Waals surface area contributed by atoms with Crippen molar-refractivity contribution >= 4 is 0 Å². The first-order valence-electron chi connectivity index (χ1n) is 8.63. The number of hydrogen-bond donors (Lipinski definition) is 0. The van der Waals surface area contributed by atoms with Crippen molar-refractivity contribution in [1.82, 2.24) is 0 Å². The lowest BCUT2D eigenvalue weighted by molar-refractivity contribution is 0.327. The third-order valence-electron chi connectivity index (χ3n) is 4.93. The van der Waals surface area contributed by atoms with E-state index in [1.54, 1.807) is 12.5 Å². The smallest absolute Gasteiger partial charge is 0.292 e. The molecule has 4 heteroatoms. The van der Waals surface area contributed by atoms with Gasteiger partial charge in [-0.2, -0.15) is 0 Å². The first-order chi connectivity index (χ1) is 12.3. The van der Waals surface area contributed by atoms with Gasteiger partial charge >= 0.3 is 0 Å². The van der Waals surface area contributed by atoms with Gasteiger partial charge in [0, 0.05) is 5.92 Å².